The van der Waals surface area contributed by atoms with Crippen molar-refractivity contribution in [3.05, 3.63) is 70.3 Å². The van der Waals surface area contributed by atoms with Gasteiger partial charge in [-0.3, -0.25) is 0 Å². The van der Waals surface area contributed by atoms with Gasteiger partial charge < -0.3 is 5.11 Å². The second-order valence-electron chi connectivity index (χ2n) is 8.44. The van der Waals surface area contributed by atoms with E-state index in [1.54, 1.807) is 12.1 Å². The van der Waals surface area contributed by atoms with Crippen LogP contribution in [-0.2, 0) is 6.42 Å². The lowest BCUT2D eigenvalue weighted by Crippen LogP contribution is -2.12. The molecule has 2 aromatic carbocycles. The van der Waals surface area contributed by atoms with Crippen molar-refractivity contribution in [1.82, 2.24) is 0 Å². The van der Waals surface area contributed by atoms with Crippen molar-refractivity contribution in [2.45, 2.75) is 52.9 Å². The number of rotatable bonds is 3. The zero-order valence-electron chi connectivity index (χ0n) is 16.2. The maximum atomic E-state index is 11.0. The lowest BCUT2D eigenvalue weighted by atomic mass is 9.81. The molecule has 2 nitrogen and oxygen atoms in total. The van der Waals surface area contributed by atoms with Crippen molar-refractivity contribution in [1.29, 1.82) is 0 Å². The summed E-state index contributed by atoms with van der Waals surface area (Å²) in [4.78, 5) is 11.0. The van der Waals surface area contributed by atoms with Crippen LogP contribution in [0.15, 0.2) is 42.5 Å². The predicted octanol–water partition coefficient (Wildman–Crippen LogP) is 6.41. The molecular formula is C24H28O2. The number of hydrogen-bond acceptors (Lipinski definition) is 1. The number of carbonyl (C=O) groups is 1. The van der Waals surface area contributed by atoms with Crippen LogP contribution >= 0.6 is 0 Å². The molecule has 0 aliphatic heterocycles. The van der Waals surface area contributed by atoms with Gasteiger partial charge in [-0.15, -0.1) is 0 Å². The molecule has 1 aliphatic rings. The summed E-state index contributed by atoms with van der Waals surface area (Å²) in [5, 5.41) is 9.02. The molecule has 1 unspecified atom stereocenters. The van der Waals surface area contributed by atoms with Gasteiger partial charge in [0.1, 0.15) is 0 Å². The van der Waals surface area contributed by atoms with E-state index in [0.717, 1.165) is 12.0 Å². The Hall–Kier alpha value is -2.35. The van der Waals surface area contributed by atoms with E-state index in [0.29, 0.717) is 16.9 Å². The van der Waals surface area contributed by atoms with Crippen LogP contribution in [0.25, 0.3) is 11.6 Å². The molecule has 2 aromatic rings. The second kappa shape index (κ2) is 7.11. The van der Waals surface area contributed by atoms with Gasteiger partial charge in [-0.1, -0.05) is 57.2 Å². The molecule has 0 fully saturated rings. The van der Waals surface area contributed by atoms with E-state index in [1.807, 2.05) is 12.1 Å². The molecule has 0 saturated heterocycles. The summed E-state index contributed by atoms with van der Waals surface area (Å²) in [6, 6.07) is 13.9. The van der Waals surface area contributed by atoms with Crippen molar-refractivity contribution in [2.24, 2.45) is 5.41 Å². The average Bonchev–Trinajstić information content (AvgIpc) is 2.70. The number of carboxylic acid groups (broad SMARTS) is 1. The molecular weight excluding hydrogens is 320 g/mol. The molecule has 0 saturated carbocycles. The zero-order valence-corrected chi connectivity index (χ0v) is 16.2. The predicted molar refractivity (Wildman–Crippen MR) is 109 cm³/mol. The molecule has 0 aromatic heterocycles. The molecule has 136 valence electrons. The highest BCUT2D eigenvalue weighted by Gasteiger charge is 2.27. The van der Waals surface area contributed by atoms with Gasteiger partial charge in [0.2, 0.25) is 0 Å². The highest BCUT2D eigenvalue weighted by atomic mass is 16.4. The molecule has 1 N–H and O–H groups in total. The Morgan fingerprint density at radius 2 is 1.77 bits per heavy atom. The number of aromatic carboxylic acids is 1. The first-order chi connectivity index (χ1) is 12.2. The molecule has 0 heterocycles. The van der Waals surface area contributed by atoms with Gasteiger partial charge in [0.05, 0.1) is 5.56 Å². The van der Waals surface area contributed by atoms with Crippen LogP contribution in [-0.4, -0.2) is 11.1 Å². The minimum atomic E-state index is -0.889. The minimum absolute atomic E-state index is 0.321. The molecule has 2 heteroatoms. The normalized spacial score (nSPS) is 19.5. The van der Waals surface area contributed by atoms with Gasteiger partial charge in [0.25, 0.3) is 0 Å². The summed E-state index contributed by atoms with van der Waals surface area (Å²) in [6.45, 7) is 9.22. The summed E-state index contributed by atoms with van der Waals surface area (Å²) >= 11 is 0. The fourth-order valence-corrected chi connectivity index (χ4v) is 4.10. The Balaban J connectivity index is 1.89. The number of carboxylic acids is 1. The van der Waals surface area contributed by atoms with E-state index in [9.17, 15) is 4.79 Å². The molecule has 0 amide bonds. The Bertz CT molecular complexity index is 841. The highest BCUT2D eigenvalue weighted by Crippen LogP contribution is 2.41. The van der Waals surface area contributed by atoms with E-state index < -0.39 is 5.97 Å². The first-order valence-corrected chi connectivity index (χ1v) is 9.40. The van der Waals surface area contributed by atoms with Crippen molar-refractivity contribution in [3.63, 3.8) is 0 Å². The van der Waals surface area contributed by atoms with Crippen LogP contribution in [0.5, 0.6) is 0 Å². The molecule has 0 spiro atoms. The Kier molecular flexibility index (Phi) is 5.04. The van der Waals surface area contributed by atoms with Crippen LogP contribution in [0.2, 0.25) is 0 Å². The van der Waals surface area contributed by atoms with Gasteiger partial charge in [0, 0.05) is 0 Å². The van der Waals surface area contributed by atoms with Gasteiger partial charge in [0.15, 0.2) is 0 Å². The molecule has 1 aliphatic carbocycles. The van der Waals surface area contributed by atoms with E-state index in [2.05, 4.69) is 52.0 Å². The van der Waals surface area contributed by atoms with Crippen molar-refractivity contribution in [3.8, 4) is 0 Å². The van der Waals surface area contributed by atoms with E-state index >= 15 is 0 Å². The topological polar surface area (TPSA) is 37.3 Å². The molecule has 1 atom stereocenters. The summed E-state index contributed by atoms with van der Waals surface area (Å²) in [5.74, 6) is -0.315. The lowest BCUT2D eigenvalue weighted by Gasteiger charge is -2.24. The van der Waals surface area contributed by atoms with Gasteiger partial charge in [-0.05, 0) is 77.5 Å². The molecule has 26 heavy (non-hydrogen) atoms. The average molecular weight is 348 g/mol. The second-order valence-corrected chi connectivity index (χ2v) is 8.44. The number of fused-ring (bicyclic) bond motifs is 1. The van der Waals surface area contributed by atoms with Crippen molar-refractivity contribution < 1.29 is 9.90 Å². The van der Waals surface area contributed by atoms with Crippen LogP contribution < -0.4 is 0 Å². The summed E-state index contributed by atoms with van der Waals surface area (Å²) < 4.78 is 0. The lowest BCUT2D eigenvalue weighted by molar-refractivity contribution is 0.0697. The van der Waals surface area contributed by atoms with E-state index in [-0.39, 0.29) is 0 Å². The smallest absolute Gasteiger partial charge is 0.335 e. The first kappa shape index (κ1) is 18.4. The largest absolute Gasteiger partial charge is 0.478 e. The summed E-state index contributed by atoms with van der Waals surface area (Å²) in [6.07, 6.45) is 5.75. The number of aryl methyl sites for hydroxylation is 1. The summed E-state index contributed by atoms with van der Waals surface area (Å²) in [7, 11) is 0. The Morgan fingerprint density at radius 1 is 1.12 bits per heavy atom. The third-order valence-electron chi connectivity index (χ3n) is 5.60. The fourth-order valence-electron chi connectivity index (χ4n) is 4.10. The maximum absolute atomic E-state index is 11.0. The van der Waals surface area contributed by atoms with Crippen LogP contribution in [0.3, 0.4) is 0 Å². The summed E-state index contributed by atoms with van der Waals surface area (Å²) in [5.41, 5.74) is 7.17. The zero-order chi connectivity index (χ0) is 18.9. The Morgan fingerprint density at radius 3 is 2.42 bits per heavy atom. The van der Waals surface area contributed by atoms with Crippen LogP contribution in [0.4, 0.5) is 0 Å². The van der Waals surface area contributed by atoms with E-state index in [1.165, 1.54) is 35.1 Å². The van der Waals surface area contributed by atoms with E-state index in [4.69, 9.17) is 5.11 Å². The third-order valence-corrected chi connectivity index (χ3v) is 5.60. The quantitative estimate of drug-likeness (QED) is 0.514. The number of hydrogen-bond donors (Lipinski definition) is 1. The number of benzene rings is 2. The third kappa shape index (κ3) is 4.07. The molecule has 0 radical (unpaired) electrons. The van der Waals surface area contributed by atoms with Gasteiger partial charge in [-0.2, -0.15) is 0 Å². The van der Waals surface area contributed by atoms with Crippen molar-refractivity contribution in [2.75, 3.05) is 0 Å². The van der Waals surface area contributed by atoms with Gasteiger partial charge >= 0.3 is 5.97 Å². The SMILES string of the molecule is C/C(=C\c1ccc(C(=O)O)cc1)c1ccc2c(c1)C(C)CC(C)(C)CC2. The van der Waals surface area contributed by atoms with Crippen LogP contribution in [0.1, 0.15) is 79.1 Å². The molecule has 3 rings (SSSR count). The fraction of sp³-hybridized carbons (Fsp3) is 0.375. The van der Waals surface area contributed by atoms with Crippen LogP contribution in [0, 0.1) is 5.41 Å². The standard InChI is InChI=1S/C24H28O2/c1-16(13-18-5-7-20(8-6-18)23(25)26)21-10-9-19-11-12-24(3,4)15-17(2)22(19)14-21/h5-10,13-14,17H,11-12,15H2,1-4H3,(H,25,26)/b16-13+. The minimum Gasteiger partial charge on any atom is -0.478 e. The Labute approximate surface area is 156 Å². The van der Waals surface area contributed by atoms with Crippen molar-refractivity contribution >= 4 is 17.6 Å². The number of allylic oxidation sites excluding steroid dienone is 1. The monoisotopic (exact) mass is 348 g/mol. The molecule has 0 bridgehead atoms. The highest BCUT2D eigenvalue weighted by molar-refractivity contribution is 5.88. The maximum Gasteiger partial charge on any atom is 0.335 e. The first-order valence-electron chi connectivity index (χ1n) is 9.40. The van der Waals surface area contributed by atoms with Gasteiger partial charge in [-0.25, -0.2) is 4.79 Å².